The van der Waals surface area contributed by atoms with Crippen LogP contribution in [0.3, 0.4) is 0 Å². The summed E-state index contributed by atoms with van der Waals surface area (Å²) >= 11 is 0. The van der Waals surface area contributed by atoms with E-state index in [0.717, 1.165) is 0 Å². The normalized spacial score (nSPS) is 10.2. The Morgan fingerprint density at radius 1 is 1.05 bits per heavy atom. The highest BCUT2D eigenvalue weighted by Gasteiger charge is 2.19. The lowest BCUT2D eigenvalue weighted by atomic mass is 10.2. The van der Waals surface area contributed by atoms with Gasteiger partial charge >= 0.3 is 0 Å². The Bertz CT molecular complexity index is 696. The second-order valence-electron chi connectivity index (χ2n) is 3.96. The van der Waals surface area contributed by atoms with Gasteiger partial charge in [-0.1, -0.05) is 0 Å². The zero-order valence-corrected chi connectivity index (χ0v) is 10.1. The molecule has 1 heterocycles. The van der Waals surface area contributed by atoms with Gasteiger partial charge in [-0.25, -0.2) is 22.5 Å². The van der Waals surface area contributed by atoms with E-state index in [1.165, 1.54) is 12.1 Å². The minimum absolute atomic E-state index is 0.0932. The third-order valence-corrected chi connectivity index (χ3v) is 2.45. The average Bonchev–Trinajstić information content (AvgIpc) is 2.40. The molecule has 0 amide bonds. The molecule has 102 valence electrons. The van der Waals surface area contributed by atoms with Crippen molar-refractivity contribution >= 4 is 11.5 Å². The number of nitrogens with one attached hydrogen (secondary N) is 1. The van der Waals surface area contributed by atoms with Gasteiger partial charge in [0.1, 0.15) is 11.5 Å². The van der Waals surface area contributed by atoms with Crippen LogP contribution in [-0.2, 0) is 0 Å². The smallest absolute Gasteiger partial charge is 0.185 e. The summed E-state index contributed by atoms with van der Waals surface area (Å²) < 4.78 is 53.1. The largest absolute Gasteiger partial charge is 0.335 e. The highest BCUT2D eigenvalue weighted by atomic mass is 19.2. The first kappa shape index (κ1) is 13.8. The molecule has 20 heavy (non-hydrogen) atoms. The minimum atomic E-state index is -1.56. The molecule has 0 aliphatic rings. The molecule has 0 saturated carbocycles. The van der Waals surface area contributed by atoms with E-state index in [2.05, 4.69) is 10.3 Å². The molecule has 0 fully saturated rings. The van der Waals surface area contributed by atoms with E-state index in [9.17, 15) is 17.6 Å². The summed E-state index contributed by atoms with van der Waals surface area (Å²) in [5, 5.41) is 10.9. The summed E-state index contributed by atoms with van der Waals surface area (Å²) in [6.07, 6.45) is 0. The molecule has 0 aliphatic heterocycles. The molecule has 0 aliphatic carbocycles. The predicted molar refractivity (Wildman–Crippen MR) is 63.2 cm³/mol. The molecule has 0 radical (unpaired) electrons. The highest BCUT2D eigenvalue weighted by molar-refractivity contribution is 5.59. The molecular formula is C13H7F4N3. The number of anilines is 2. The molecule has 1 aromatic carbocycles. The molecule has 2 aromatic rings. The molecule has 7 heteroatoms. The average molecular weight is 281 g/mol. The van der Waals surface area contributed by atoms with Crippen molar-refractivity contribution in [2.24, 2.45) is 0 Å². The van der Waals surface area contributed by atoms with Gasteiger partial charge in [-0.05, 0) is 19.1 Å². The number of benzene rings is 1. The van der Waals surface area contributed by atoms with E-state index in [0.29, 0.717) is 5.69 Å². The van der Waals surface area contributed by atoms with E-state index < -0.39 is 29.0 Å². The van der Waals surface area contributed by atoms with Crippen LogP contribution >= 0.6 is 0 Å². The van der Waals surface area contributed by atoms with Gasteiger partial charge in [-0.3, -0.25) is 0 Å². The Hall–Kier alpha value is -2.62. The van der Waals surface area contributed by atoms with Crippen LogP contribution in [0, 0.1) is 41.5 Å². The first-order valence-corrected chi connectivity index (χ1v) is 5.41. The Balaban J connectivity index is 2.51. The fourth-order valence-corrected chi connectivity index (χ4v) is 1.61. The lowest BCUT2D eigenvalue weighted by Gasteiger charge is -2.10. The molecule has 1 N–H and O–H groups in total. The number of nitrogens with zero attached hydrogens (tertiary/aromatic N) is 2. The summed E-state index contributed by atoms with van der Waals surface area (Å²) in [6, 6.07) is 4.59. The fourth-order valence-electron chi connectivity index (χ4n) is 1.61. The van der Waals surface area contributed by atoms with Gasteiger partial charge in [-0.15, -0.1) is 0 Å². The number of aryl methyl sites for hydroxylation is 1. The third-order valence-electron chi connectivity index (χ3n) is 2.45. The number of aromatic nitrogens is 1. The van der Waals surface area contributed by atoms with Crippen molar-refractivity contribution in [1.82, 2.24) is 4.98 Å². The Morgan fingerprint density at radius 3 is 2.20 bits per heavy atom. The van der Waals surface area contributed by atoms with Gasteiger partial charge in [0.25, 0.3) is 0 Å². The van der Waals surface area contributed by atoms with Gasteiger partial charge in [-0.2, -0.15) is 5.26 Å². The summed E-state index contributed by atoms with van der Waals surface area (Å²) in [5.74, 6) is -6.28. The van der Waals surface area contributed by atoms with Gasteiger partial charge in [0.05, 0.1) is 11.6 Å². The van der Waals surface area contributed by atoms with Gasteiger partial charge in [0.15, 0.2) is 23.3 Å². The molecule has 0 atom stereocenters. The van der Waals surface area contributed by atoms with Crippen molar-refractivity contribution in [3.8, 4) is 6.07 Å². The van der Waals surface area contributed by atoms with Gasteiger partial charge < -0.3 is 5.32 Å². The van der Waals surface area contributed by atoms with Crippen LogP contribution in [-0.4, -0.2) is 4.98 Å². The fraction of sp³-hybridized carbons (Fsp3) is 0.0769. The highest BCUT2D eigenvalue weighted by Crippen LogP contribution is 2.27. The van der Waals surface area contributed by atoms with Gasteiger partial charge in [0.2, 0.25) is 0 Å². The number of halogens is 4. The maximum atomic E-state index is 13.5. The number of pyridine rings is 1. The summed E-state index contributed by atoms with van der Waals surface area (Å²) in [7, 11) is 0. The summed E-state index contributed by atoms with van der Waals surface area (Å²) in [4.78, 5) is 3.88. The molecule has 1 aromatic heterocycles. The Labute approximate surface area is 111 Å². The van der Waals surface area contributed by atoms with E-state index in [1.54, 1.807) is 6.92 Å². The van der Waals surface area contributed by atoms with Crippen molar-refractivity contribution in [3.63, 3.8) is 0 Å². The van der Waals surface area contributed by atoms with Crippen LogP contribution in [0.5, 0.6) is 0 Å². The molecule has 2 rings (SSSR count). The van der Waals surface area contributed by atoms with E-state index in [1.807, 2.05) is 6.07 Å². The van der Waals surface area contributed by atoms with Crippen LogP contribution < -0.4 is 5.32 Å². The first-order chi connectivity index (χ1) is 9.42. The molecule has 0 unspecified atom stereocenters. The standard InChI is InChI=1S/C13H7F4N3/c1-6-2-7(5-18)3-10(19-6)20-13-11(16)8(14)4-9(15)12(13)17/h2-4H,1H3,(H,19,20). The molecule has 3 nitrogen and oxygen atoms in total. The number of hydrogen-bond donors (Lipinski definition) is 1. The predicted octanol–water partition coefficient (Wildman–Crippen LogP) is 3.56. The van der Waals surface area contributed by atoms with E-state index in [-0.39, 0.29) is 17.4 Å². The van der Waals surface area contributed by atoms with Crippen LogP contribution in [0.2, 0.25) is 0 Å². The van der Waals surface area contributed by atoms with E-state index >= 15 is 0 Å². The zero-order chi connectivity index (χ0) is 14.9. The van der Waals surface area contributed by atoms with Crippen molar-refractivity contribution in [2.75, 3.05) is 5.32 Å². The van der Waals surface area contributed by atoms with Crippen molar-refractivity contribution in [3.05, 3.63) is 52.7 Å². The second kappa shape index (κ2) is 5.17. The van der Waals surface area contributed by atoms with Gasteiger partial charge in [0, 0.05) is 11.8 Å². The topological polar surface area (TPSA) is 48.7 Å². The van der Waals surface area contributed by atoms with Crippen LogP contribution in [0.15, 0.2) is 18.2 Å². The lowest BCUT2D eigenvalue weighted by Crippen LogP contribution is -2.04. The maximum absolute atomic E-state index is 13.5. The Morgan fingerprint density at radius 2 is 1.65 bits per heavy atom. The quantitative estimate of drug-likeness (QED) is 0.676. The summed E-state index contributed by atoms with van der Waals surface area (Å²) in [5.41, 5.74) is -0.397. The van der Waals surface area contributed by atoms with Crippen LogP contribution in [0.25, 0.3) is 0 Å². The summed E-state index contributed by atoms with van der Waals surface area (Å²) in [6.45, 7) is 1.56. The molecular weight excluding hydrogens is 274 g/mol. The van der Waals surface area contributed by atoms with Crippen LogP contribution in [0.4, 0.5) is 29.1 Å². The minimum Gasteiger partial charge on any atom is -0.335 e. The van der Waals surface area contributed by atoms with E-state index in [4.69, 9.17) is 5.26 Å². The molecule has 0 spiro atoms. The maximum Gasteiger partial charge on any atom is 0.185 e. The van der Waals surface area contributed by atoms with Crippen molar-refractivity contribution in [2.45, 2.75) is 6.92 Å². The van der Waals surface area contributed by atoms with Crippen molar-refractivity contribution in [1.29, 1.82) is 5.26 Å². The zero-order valence-electron chi connectivity index (χ0n) is 10.1. The molecule has 0 saturated heterocycles. The number of rotatable bonds is 2. The SMILES string of the molecule is Cc1cc(C#N)cc(Nc2c(F)c(F)cc(F)c2F)n1. The third kappa shape index (κ3) is 2.54. The Kier molecular flexibility index (Phi) is 3.57. The second-order valence-corrected chi connectivity index (χ2v) is 3.96. The number of hydrogen-bond acceptors (Lipinski definition) is 3. The monoisotopic (exact) mass is 281 g/mol. The first-order valence-electron chi connectivity index (χ1n) is 5.41. The lowest BCUT2D eigenvalue weighted by molar-refractivity contribution is 0.459. The van der Waals surface area contributed by atoms with Crippen LogP contribution in [0.1, 0.15) is 11.3 Å². The van der Waals surface area contributed by atoms with Crippen molar-refractivity contribution < 1.29 is 17.6 Å². The number of nitriles is 1. The molecule has 0 bridgehead atoms.